The van der Waals surface area contributed by atoms with E-state index in [9.17, 15) is 4.79 Å². The van der Waals surface area contributed by atoms with Gasteiger partial charge in [0.25, 0.3) is 0 Å². The lowest BCUT2D eigenvalue weighted by molar-refractivity contribution is 0.969. The van der Waals surface area contributed by atoms with Crippen LogP contribution < -0.4 is 5.43 Å². The fraction of sp³-hybridized carbons (Fsp3) is 0.118. The Kier molecular flexibility index (Phi) is 2.11. The first-order valence-corrected chi connectivity index (χ1v) is 6.63. The summed E-state index contributed by atoms with van der Waals surface area (Å²) in [5, 5.41) is 2.71. The van der Waals surface area contributed by atoms with Crippen LogP contribution in [0.15, 0.2) is 53.5 Å². The number of fused-ring (bicyclic) bond motifs is 3. The zero-order valence-electron chi connectivity index (χ0n) is 11.4. The molecule has 2 aromatic carbocycles. The van der Waals surface area contributed by atoms with Gasteiger partial charge in [0.2, 0.25) is 0 Å². The molecule has 0 unspecified atom stereocenters. The summed E-state index contributed by atoms with van der Waals surface area (Å²) in [6.07, 6.45) is 2.02. The van der Waals surface area contributed by atoms with E-state index in [4.69, 9.17) is 0 Å². The molecule has 20 heavy (non-hydrogen) atoms. The number of para-hydroxylation sites is 1. The van der Waals surface area contributed by atoms with Crippen molar-refractivity contribution < 1.29 is 0 Å². The smallest absolute Gasteiger partial charge is 0.197 e. The Morgan fingerprint density at radius 1 is 0.850 bits per heavy atom. The molecule has 4 aromatic rings. The van der Waals surface area contributed by atoms with E-state index < -0.39 is 0 Å². The molecule has 0 spiro atoms. The molecule has 2 aromatic heterocycles. The van der Waals surface area contributed by atoms with Gasteiger partial charge in [0, 0.05) is 42.0 Å². The van der Waals surface area contributed by atoms with Gasteiger partial charge in [-0.15, -0.1) is 0 Å². The Morgan fingerprint density at radius 2 is 1.65 bits per heavy atom. The standard InChI is InChI=1S/C17H14N2O/c1-18-8-7-11-9-16-13(10-15(11)18)17(20)12-5-3-4-6-14(12)19(16)2/h3-10H,1-2H3. The monoisotopic (exact) mass is 262 g/mol. The maximum absolute atomic E-state index is 12.7. The molecular formula is C17H14N2O. The molecule has 0 radical (unpaired) electrons. The number of nitrogens with zero attached hydrogens (tertiary/aromatic N) is 2. The van der Waals surface area contributed by atoms with Crippen molar-refractivity contribution in [1.82, 2.24) is 9.13 Å². The van der Waals surface area contributed by atoms with Crippen LogP contribution in [0.3, 0.4) is 0 Å². The predicted octanol–water partition coefficient (Wildman–Crippen LogP) is 3.18. The van der Waals surface area contributed by atoms with Crippen molar-refractivity contribution in [3.05, 3.63) is 58.9 Å². The average Bonchev–Trinajstić information content (AvgIpc) is 2.84. The maximum Gasteiger partial charge on any atom is 0.197 e. The lowest BCUT2D eigenvalue weighted by atomic mass is 10.1. The Morgan fingerprint density at radius 3 is 2.50 bits per heavy atom. The van der Waals surface area contributed by atoms with Crippen molar-refractivity contribution >= 4 is 32.7 Å². The summed E-state index contributed by atoms with van der Waals surface area (Å²) in [4.78, 5) is 12.7. The van der Waals surface area contributed by atoms with Gasteiger partial charge in [0.15, 0.2) is 5.43 Å². The predicted molar refractivity (Wildman–Crippen MR) is 83.2 cm³/mol. The average molecular weight is 262 g/mol. The van der Waals surface area contributed by atoms with E-state index in [2.05, 4.69) is 16.7 Å². The molecular weight excluding hydrogens is 248 g/mol. The number of hydrogen-bond donors (Lipinski definition) is 0. The van der Waals surface area contributed by atoms with Gasteiger partial charge in [-0.25, -0.2) is 0 Å². The summed E-state index contributed by atoms with van der Waals surface area (Å²) in [7, 11) is 4.01. The van der Waals surface area contributed by atoms with Crippen LogP contribution in [0.5, 0.6) is 0 Å². The maximum atomic E-state index is 12.7. The molecule has 3 nitrogen and oxygen atoms in total. The van der Waals surface area contributed by atoms with Crippen molar-refractivity contribution in [3.63, 3.8) is 0 Å². The topological polar surface area (TPSA) is 26.9 Å². The largest absolute Gasteiger partial charge is 0.351 e. The van der Waals surface area contributed by atoms with Crippen molar-refractivity contribution in [2.45, 2.75) is 0 Å². The first-order valence-electron chi connectivity index (χ1n) is 6.63. The zero-order chi connectivity index (χ0) is 13.9. The van der Waals surface area contributed by atoms with Crippen molar-refractivity contribution in [2.75, 3.05) is 0 Å². The minimum Gasteiger partial charge on any atom is -0.351 e. The van der Waals surface area contributed by atoms with Crippen LogP contribution in [-0.4, -0.2) is 9.13 Å². The van der Waals surface area contributed by atoms with Gasteiger partial charge in [-0.2, -0.15) is 0 Å². The molecule has 0 atom stereocenters. The molecule has 0 amide bonds. The van der Waals surface area contributed by atoms with Crippen LogP contribution in [0.1, 0.15) is 0 Å². The van der Waals surface area contributed by atoms with Gasteiger partial charge in [0.1, 0.15) is 0 Å². The quantitative estimate of drug-likeness (QED) is 0.447. The van der Waals surface area contributed by atoms with Crippen molar-refractivity contribution in [1.29, 1.82) is 0 Å². The number of aryl methyl sites for hydroxylation is 2. The number of benzene rings is 2. The summed E-state index contributed by atoms with van der Waals surface area (Å²) in [5.41, 5.74) is 3.15. The third-order valence-corrected chi connectivity index (χ3v) is 4.12. The fourth-order valence-electron chi connectivity index (χ4n) is 3.00. The highest BCUT2D eigenvalue weighted by Crippen LogP contribution is 2.24. The van der Waals surface area contributed by atoms with E-state index in [1.807, 2.05) is 55.2 Å². The second kappa shape index (κ2) is 3.73. The highest BCUT2D eigenvalue weighted by atomic mass is 16.1. The number of pyridine rings is 1. The van der Waals surface area contributed by atoms with Gasteiger partial charge >= 0.3 is 0 Å². The molecule has 2 heterocycles. The molecule has 0 aliphatic heterocycles. The van der Waals surface area contributed by atoms with Gasteiger partial charge in [-0.05, 0) is 30.3 Å². The number of aromatic nitrogens is 2. The molecule has 0 saturated carbocycles. The van der Waals surface area contributed by atoms with Gasteiger partial charge < -0.3 is 9.13 Å². The Labute approximate surface area is 115 Å². The fourth-order valence-corrected chi connectivity index (χ4v) is 3.00. The van der Waals surface area contributed by atoms with E-state index in [1.165, 1.54) is 0 Å². The summed E-state index contributed by atoms with van der Waals surface area (Å²) < 4.78 is 4.14. The Hall–Kier alpha value is -2.55. The normalized spacial score (nSPS) is 11.7. The van der Waals surface area contributed by atoms with E-state index >= 15 is 0 Å². The summed E-state index contributed by atoms with van der Waals surface area (Å²) in [5.74, 6) is 0. The molecule has 0 N–H and O–H groups in total. The molecule has 0 aliphatic carbocycles. The number of hydrogen-bond acceptors (Lipinski definition) is 1. The van der Waals surface area contributed by atoms with Crippen LogP contribution >= 0.6 is 0 Å². The molecule has 4 rings (SSSR count). The summed E-state index contributed by atoms with van der Waals surface area (Å²) in [6, 6.07) is 13.9. The molecule has 0 bridgehead atoms. The van der Waals surface area contributed by atoms with E-state index in [0.717, 1.165) is 32.7 Å². The van der Waals surface area contributed by atoms with Crippen LogP contribution in [0.25, 0.3) is 32.7 Å². The van der Waals surface area contributed by atoms with Crippen LogP contribution in [0.2, 0.25) is 0 Å². The summed E-state index contributed by atoms with van der Waals surface area (Å²) >= 11 is 0. The van der Waals surface area contributed by atoms with Crippen LogP contribution in [-0.2, 0) is 14.1 Å². The molecule has 0 fully saturated rings. The Balaban J connectivity index is 2.36. The van der Waals surface area contributed by atoms with E-state index in [-0.39, 0.29) is 5.43 Å². The summed E-state index contributed by atoms with van der Waals surface area (Å²) in [6.45, 7) is 0. The minimum atomic E-state index is 0.108. The van der Waals surface area contributed by atoms with E-state index in [0.29, 0.717) is 0 Å². The van der Waals surface area contributed by atoms with Gasteiger partial charge in [-0.3, -0.25) is 4.79 Å². The first-order chi connectivity index (χ1) is 9.66. The highest BCUT2D eigenvalue weighted by Gasteiger charge is 2.10. The van der Waals surface area contributed by atoms with Crippen molar-refractivity contribution in [2.24, 2.45) is 14.1 Å². The lowest BCUT2D eigenvalue weighted by Crippen LogP contribution is -2.09. The van der Waals surface area contributed by atoms with Crippen molar-refractivity contribution in [3.8, 4) is 0 Å². The lowest BCUT2D eigenvalue weighted by Gasteiger charge is -2.10. The minimum absolute atomic E-state index is 0.108. The van der Waals surface area contributed by atoms with E-state index in [1.54, 1.807) is 0 Å². The number of rotatable bonds is 0. The Bertz CT molecular complexity index is 1040. The first kappa shape index (κ1) is 11.3. The highest BCUT2D eigenvalue weighted by molar-refractivity contribution is 6.00. The third kappa shape index (κ3) is 1.32. The third-order valence-electron chi connectivity index (χ3n) is 4.12. The van der Waals surface area contributed by atoms with Crippen LogP contribution in [0.4, 0.5) is 0 Å². The van der Waals surface area contributed by atoms with Crippen LogP contribution in [0, 0.1) is 0 Å². The SMILES string of the molecule is Cn1ccc2cc3c(cc21)c(=O)c1ccccc1n3C. The molecule has 0 saturated heterocycles. The zero-order valence-corrected chi connectivity index (χ0v) is 11.4. The van der Waals surface area contributed by atoms with Gasteiger partial charge in [0.05, 0.1) is 11.0 Å². The van der Waals surface area contributed by atoms with Gasteiger partial charge in [-0.1, -0.05) is 12.1 Å². The second-order valence-electron chi connectivity index (χ2n) is 5.26. The second-order valence-corrected chi connectivity index (χ2v) is 5.26. The molecule has 98 valence electrons. The molecule has 3 heteroatoms. The molecule has 0 aliphatic rings.